The molecule has 11 heavy (non-hydrogen) atoms. The summed E-state index contributed by atoms with van der Waals surface area (Å²) in [5.74, 6) is 0.406. The fourth-order valence-electron chi connectivity index (χ4n) is 0.652. The van der Waals surface area contributed by atoms with E-state index in [-0.39, 0.29) is 0 Å². The van der Waals surface area contributed by atoms with Crippen LogP contribution in [0.3, 0.4) is 0 Å². The third kappa shape index (κ3) is 1.98. The molecule has 0 bridgehead atoms. The minimum absolute atomic E-state index is 0.406. The lowest BCUT2D eigenvalue weighted by Gasteiger charge is -2.13. The van der Waals surface area contributed by atoms with Gasteiger partial charge in [-0.1, -0.05) is 0 Å². The van der Waals surface area contributed by atoms with Gasteiger partial charge in [0.15, 0.2) is 5.82 Å². The molecule has 1 aromatic heterocycles. The Morgan fingerprint density at radius 2 is 2.18 bits per heavy atom. The summed E-state index contributed by atoms with van der Waals surface area (Å²) in [5, 5.41) is 9.43. The molecule has 1 radical (unpaired) electrons. The van der Waals surface area contributed by atoms with Crippen molar-refractivity contribution in [3.05, 3.63) is 23.8 Å². The second-order valence-corrected chi connectivity index (χ2v) is 3.05. The summed E-state index contributed by atoms with van der Waals surface area (Å²) in [6.45, 7) is 5.14. The second kappa shape index (κ2) is 2.58. The zero-order chi connectivity index (χ0) is 8.48. The van der Waals surface area contributed by atoms with Crippen LogP contribution in [-0.4, -0.2) is 15.1 Å². The average molecular weight is 151 g/mol. The minimum atomic E-state index is -0.968. The van der Waals surface area contributed by atoms with Crippen LogP contribution in [-0.2, 0) is 5.60 Å². The first kappa shape index (κ1) is 8.14. The van der Waals surface area contributed by atoms with Crippen molar-refractivity contribution in [3.63, 3.8) is 0 Å². The molecule has 0 saturated carbocycles. The molecule has 0 aliphatic heterocycles. The van der Waals surface area contributed by atoms with Crippen molar-refractivity contribution in [2.24, 2.45) is 0 Å². The first-order valence-electron chi connectivity index (χ1n) is 3.44. The van der Waals surface area contributed by atoms with E-state index in [4.69, 9.17) is 0 Å². The first-order chi connectivity index (χ1) is 5.00. The van der Waals surface area contributed by atoms with E-state index in [2.05, 4.69) is 16.2 Å². The Bertz CT molecular complexity index is 235. The van der Waals surface area contributed by atoms with E-state index in [1.807, 2.05) is 6.92 Å². The van der Waals surface area contributed by atoms with Crippen LogP contribution < -0.4 is 0 Å². The molecule has 3 heteroatoms. The smallest absolute Gasteiger partial charge is 0.160 e. The third-order valence-electron chi connectivity index (χ3n) is 1.27. The van der Waals surface area contributed by atoms with Gasteiger partial charge in [0.25, 0.3) is 0 Å². The number of nitrogens with zero attached hydrogens (tertiary/aromatic N) is 2. The molecule has 0 unspecified atom stereocenters. The summed E-state index contributed by atoms with van der Waals surface area (Å²) >= 11 is 0. The van der Waals surface area contributed by atoms with Crippen molar-refractivity contribution in [1.82, 2.24) is 9.97 Å². The summed E-state index contributed by atoms with van der Waals surface area (Å²) in [7, 11) is 0. The number of hydrogen-bond donors (Lipinski definition) is 1. The molecule has 1 rings (SSSR count). The van der Waals surface area contributed by atoms with Crippen molar-refractivity contribution in [2.75, 3.05) is 0 Å². The van der Waals surface area contributed by atoms with Crippen molar-refractivity contribution >= 4 is 0 Å². The normalized spacial score (nSPS) is 11.6. The van der Waals surface area contributed by atoms with Crippen LogP contribution in [0.15, 0.2) is 6.20 Å². The summed E-state index contributed by atoms with van der Waals surface area (Å²) in [6, 6.07) is 0. The zero-order valence-electron chi connectivity index (χ0n) is 6.92. The van der Waals surface area contributed by atoms with E-state index in [1.165, 1.54) is 0 Å². The summed E-state index contributed by atoms with van der Waals surface area (Å²) in [6.07, 6.45) is 4.37. The molecule has 1 heterocycles. The standard InChI is InChI=1S/C8H11N2O/c1-6-4-9-7(10-5-6)8(2,3)11/h4,11H,1-3H3. The maximum Gasteiger partial charge on any atom is 0.160 e. The van der Waals surface area contributed by atoms with E-state index in [1.54, 1.807) is 20.0 Å². The quantitative estimate of drug-likeness (QED) is 0.646. The first-order valence-corrected chi connectivity index (χ1v) is 3.44. The molecule has 0 spiro atoms. The van der Waals surface area contributed by atoms with Gasteiger partial charge < -0.3 is 5.11 Å². The van der Waals surface area contributed by atoms with Crippen molar-refractivity contribution in [1.29, 1.82) is 0 Å². The number of hydrogen-bond acceptors (Lipinski definition) is 3. The highest BCUT2D eigenvalue weighted by molar-refractivity contribution is 5.04. The van der Waals surface area contributed by atoms with E-state index >= 15 is 0 Å². The average Bonchev–Trinajstić information content (AvgIpc) is 1.86. The topological polar surface area (TPSA) is 46.0 Å². The van der Waals surface area contributed by atoms with Gasteiger partial charge in [-0.25, -0.2) is 9.97 Å². The van der Waals surface area contributed by atoms with Gasteiger partial charge in [-0.15, -0.1) is 0 Å². The molecule has 0 aromatic carbocycles. The fraction of sp³-hybridized carbons (Fsp3) is 0.500. The molecule has 1 aromatic rings. The van der Waals surface area contributed by atoms with Crippen molar-refractivity contribution in [3.8, 4) is 0 Å². The molecular formula is C8H11N2O. The Balaban J connectivity index is 2.99. The van der Waals surface area contributed by atoms with Gasteiger partial charge in [-0.05, 0) is 26.3 Å². The van der Waals surface area contributed by atoms with E-state index < -0.39 is 5.60 Å². The Kier molecular flexibility index (Phi) is 1.91. The number of rotatable bonds is 1. The summed E-state index contributed by atoms with van der Waals surface area (Å²) < 4.78 is 0. The van der Waals surface area contributed by atoms with Crippen molar-refractivity contribution < 1.29 is 5.11 Å². The van der Waals surface area contributed by atoms with Gasteiger partial charge in [0.05, 0.1) is 6.20 Å². The van der Waals surface area contributed by atoms with Gasteiger partial charge in [-0.3, -0.25) is 0 Å². The van der Waals surface area contributed by atoms with E-state index in [9.17, 15) is 5.11 Å². The third-order valence-corrected chi connectivity index (χ3v) is 1.27. The lowest BCUT2D eigenvalue weighted by atomic mass is 10.1. The Labute approximate surface area is 66.1 Å². The predicted octanol–water partition coefficient (Wildman–Crippen LogP) is 0.813. The second-order valence-electron chi connectivity index (χ2n) is 3.05. The van der Waals surface area contributed by atoms with E-state index in [0.717, 1.165) is 5.56 Å². The molecule has 0 aliphatic rings. The number of aliphatic hydroxyl groups is 1. The molecule has 0 saturated heterocycles. The highest BCUT2D eigenvalue weighted by atomic mass is 16.3. The monoisotopic (exact) mass is 151 g/mol. The van der Waals surface area contributed by atoms with Crippen LogP contribution in [0.5, 0.6) is 0 Å². The molecule has 0 aliphatic carbocycles. The van der Waals surface area contributed by atoms with E-state index in [0.29, 0.717) is 5.82 Å². The minimum Gasteiger partial charge on any atom is -0.382 e. The number of aryl methyl sites for hydroxylation is 1. The molecule has 59 valence electrons. The van der Waals surface area contributed by atoms with Crippen LogP contribution >= 0.6 is 0 Å². The van der Waals surface area contributed by atoms with Gasteiger partial charge >= 0.3 is 0 Å². The van der Waals surface area contributed by atoms with Crippen LogP contribution in [0.4, 0.5) is 0 Å². The molecule has 0 amide bonds. The highest BCUT2D eigenvalue weighted by Gasteiger charge is 2.18. The van der Waals surface area contributed by atoms with Gasteiger partial charge in [0.2, 0.25) is 0 Å². The molecular weight excluding hydrogens is 140 g/mol. The summed E-state index contributed by atoms with van der Waals surface area (Å²) in [4.78, 5) is 7.82. The Morgan fingerprint density at radius 1 is 1.55 bits per heavy atom. The van der Waals surface area contributed by atoms with Crippen LogP contribution in [0.25, 0.3) is 0 Å². The highest BCUT2D eigenvalue weighted by Crippen LogP contribution is 2.13. The molecule has 1 N–H and O–H groups in total. The molecule has 3 nitrogen and oxygen atoms in total. The van der Waals surface area contributed by atoms with Gasteiger partial charge in [0, 0.05) is 6.20 Å². The van der Waals surface area contributed by atoms with Crippen molar-refractivity contribution in [2.45, 2.75) is 26.4 Å². The molecule has 0 fully saturated rings. The van der Waals surface area contributed by atoms with Crippen LogP contribution in [0.2, 0.25) is 0 Å². The zero-order valence-corrected chi connectivity index (χ0v) is 6.92. The van der Waals surface area contributed by atoms with Gasteiger partial charge in [-0.2, -0.15) is 0 Å². The lowest BCUT2D eigenvalue weighted by Crippen LogP contribution is -2.19. The van der Waals surface area contributed by atoms with Crippen LogP contribution in [0, 0.1) is 13.1 Å². The van der Waals surface area contributed by atoms with Crippen LogP contribution in [0.1, 0.15) is 25.2 Å². The molecule has 0 atom stereocenters. The number of aromatic nitrogens is 2. The predicted molar refractivity (Wildman–Crippen MR) is 40.8 cm³/mol. The lowest BCUT2D eigenvalue weighted by molar-refractivity contribution is 0.0686. The Hall–Kier alpha value is -0.960. The Morgan fingerprint density at radius 3 is 2.55 bits per heavy atom. The fourth-order valence-corrected chi connectivity index (χ4v) is 0.652. The summed E-state index contributed by atoms with van der Waals surface area (Å²) in [5.41, 5.74) is -0.0949. The maximum atomic E-state index is 9.43. The SMILES string of the molecule is Cc1[c]nc(C(C)(C)O)nc1. The maximum absolute atomic E-state index is 9.43. The largest absolute Gasteiger partial charge is 0.382 e. The van der Waals surface area contributed by atoms with Gasteiger partial charge in [0.1, 0.15) is 5.60 Å².